The van der Waals surface area contributed by atoms with Crippen LogP contribution in [0.4, 0.5) is 4.39 Å². The Labute approximate surface area is 172 Å². The van der Waals surface area contributed by atoms with E-state index in [4.69, 9.17) is 0 Å². The maximum absolute atomic E-state index is 13.4. The standard InChI is InChI=1S/C19H27FN4O.2ClH/c1-13(14-4-3-8-21-12-14)10-19(25)22-9-7-18-23-16-6-5-15(20)11-17(16)24(18)2;;/h5-6,11,13-14,21H,3-4,7-10,12H2,1-2H3,(H,22,25);2*1H. The zero-order valence-corrected chi connectivity index (χ0v) is 17.5. The van der Waals surface area contributed by atoms with Gasteiger partial charge >= 0.3 is 0 Å². The van der Waals surface area contributed by atoms with E-state index in [1.165, 1.54) is 25.0 Å². The third-order valence-corrected chi connectivity index (χ3v) is 5.25. The molecule has 0 aliphatic carbocycles. The van der Waals surface area contributed by atoms with Crippen molar-refractivity contribution in [3.8, 4) is 0 Å². The fraction of sp³-hybridized carbons (Fsp3) is 0.579. The molecule has 3 rings (SSSR count). The molecule has 5 nitrogen and oxygen atoms in total. The highest BCUT2D eigenvalue weighted by Gasteiger charge is 2.21. The number of carbonyl (C=O) groups excluding carboxylic acids is 1. The number of aryl methyl sites for hydroxylation is 1. The van der Waals surface area contributed by atoms with E-state index in [0.717, 1.165) is 29.9 Å². The lowest BCUT2D eigenvalue weighted by Gasteiger charge is -2.28. The van der Waals surface area contributed by atoms with Crippen molar-refractivity contribution >= 4 is 41.8 Å². The highest BCUT2D eigenvalue weighted by atomic mass is 35.5. The maximum Gasteiger partial charge on any atom is 0.220 e. The summed E-state index contributed by atoms with van der Waals surface area (Å²) in [5, 5.41) is 6.40. The molecule has 1 aliphatic heterocycles. The van der Waals surface area contributed by atoms with Gasteiger partial charge < -0.3 is 15.2 Å². The van der Waals surface area contributed by atoms with Crippen molar-refractivity contribution in [2.75, 3.05) is 19.6 Å². The van der Waals surface area contributed by atoms with Crippen molar-refractivity contribution in [1.29, 1.82) is 0 Å². The van der Waals surface area contributed by atoms with Gasteiger partial charge in [0.1, 0.15) is 11.6 Å². The molecule has 1 aliphatic rings. The number of benzene rings is 1. The fourth-order valence-electron chi connectivity index (χ4n) is 3.65. The van der Waals surface area contributed by atoms with Gasteiger partial charge in [-0.15, -0.1) is 24.8 Å². The number of nitrogens with zero attached hydrogens (tertiary/aromatic N) is 2. The molecule has 0 radical (unpaired) electrons. The average molecular weight is 419 g/mol. The monoisotopic (exact) mass is 418 g/mol. The van der Waals surface area contributed by atoms with Crippen LogP contribution in [-0.2, 0) is 18.3 Å². The molecule has 0 spiro atoms. The van der Waals surface area contributed by atoms with Crippen LogP contribution in [0.2, 0.25) is 0 Å². The molecule has 2 unspecified atom stereocenters. The van der Waals surface area contributed by atoms with Crippen molar-refractivity contribution in [1.82, 2.24) is 20.2 Å². The molecule has 2 aromatic rings. The smallest absolute Gasteiger partial charge is 0.220 e. The Morgan fingerprint density at radius 3 is 2.93 bits per heavy atom. The molecule has 2 N–H and O–H groups in total. The Bertz CT molecular complexity index is 747. The minimum absolute atomic E-state index is 0. The molecule has 0 bridgehead atoms. The number of carbonyl (C=O) groups is 1. The van der Waals surface area contributed by atoms with Crippen LogP contribution in [-0.4, -0.2) is 35.1 Å². The number of aromatic nitrogens is 2. The van der Waals surface area contributed by atoms with Crippen LogP contribution >= 0.6 is 24.8 Å². The first-order valence-electron chi connectivity index (χ1n) is 9.13. The van der Waals surface area contributed by atoms with Crippen molar-refractivity contribution < 1.29 is 9.18 Å². The van der Waals surface area contributed by atoms with Gasteiger partial charge in [-0.1, -0.05) is 6.92 Å². The number of nitrogens with one attached hydrogen (secondary N) is 2. The molecule has 1 amide bonds. The number of halogens is 3. The van der Waals surface area contributed by atoms with Gasteiger partial charge in [0.25, 0.3) is 0 Å². The summed E-state index contributed by atoms with van der Waals surface area (Å²) in [5.41, 5.74) is 1.56. The van der Waals surface area contributed by atoms with E-state index in [1.807, 2.05) is 11.6 Å². The Morgan fingerprint density at radius 1 is 1.44 bits per heavy atom. The Morgan fingerprint density at radius 2 is 2.22 bits per heavy atom. The second-order valence-electron chi connectivity index (χ2n) is 7.11. The normalized spacial score (nSPS) is 17.7. The van der Waals surface area contributed by atoms with Gasteiger partial charge in [0, 0.05) is 26.4 Å². The molecule has 152 valence electrons. The van der Waals surface area contributed by atoms with Crippen LogP contribution < -0.4 is 10.6 Å². The van der Waals surface area contributed by atoms with Crippen LogP contribution in [0.15, 0.2) is 18.2 Å². The molecular formula is C19H29Cl2FN4O. The summed E-state index contributed by atoms with van der Waals surface area (Å²) in [4.78, 5) is 16.7. The van der Waals surface area contributed by atoms with E-state index in [9.17, 15) is 9.18 Å². The first-order valence-corrected chi connectivity index (χ1v) is 9.13. The van der Waals surface area contributed by atoms with Gasteiger partial charge in [-0.3, -0.25) is 4.79 Å². The summed E-state index contributed by atoms with van der Waals surface area (Å²) in [5.74, 6) is 1.68. The summed E-state index contributed by atoms with van der Waals surface area (Å²) in [7, 11) is 1.88. The first kappa shape index (κ1) is 23.7. The van der Waals surface area contributed by atoms with Crippen LogP contribution in [0.1, 0.15) is 32.0 Å². The lowest BCUT2D eigenvalue weighted by molar-refractivity contribution is -0.122. The first-order chi connectivity index (χ1) is 12.0. The molecule has 0 saturated carbocycles. The van der Waals surface area contributed by atoms with Crippen molar-refractivity contribution in [2.45, 2.75) is 32.6 Å². The highest BCUT2D eigenvalue weighted by molar-refractivity contribution is 5.85. The predicted molar refractivity (Wildman–Crippen MR) is 111 cm³/mol. The molecule has 1 aromatic heterocycles. The lowest BCUT2D eigenvalue weighted by atomic mass is 9.85. The Kier molecular flexibility index (Phi) is 9.50. The molecule has 1 aromatic carbocycles. The van der Waals surface area contributed by atoms with E-state index in [2.05, 4.69) is 22.5 Å². The summed E-state index contributed by atoms with van der Waals surface area (Å²) < 4.78 is 15.2. The molecule has 2 heterocycles. The van der Waals surface area contributed by atoms with Crippen LogP contribution in [0.25, 0.3) is 11.0 Å². The maximum atomic E-state index is 13.4. The minimum Gasteiger partial charge on any atom is -0.356 e. The molecular weight excluding hydrogens is 390 g/mol. The second kappa shape index (κ2) is 10.8. The summed E-state index contributed by atoms with van der Waals surface area (Å²) >= 11 is 0. The second-order valence-corrected chi connectivity index (χ2v) is 7.11. The largest absolute Gasteiger partial charge is 0.356 e. The van der Waals surface area contributed by atoms with Gasteiger partial charge in [-0.05, 0) is 56.0 Å². The number of hydrogen-bond acceptors (Lipinski definition) is 3. The van der Waals surface area contributed by atoms with E-state index in [-0.39, 0.29) is 36.5 Å². The number of piperidine rings is 1. The summed E-state index contributed by atoms with van der Waals surface area (Å²) in [6.45, 7) is 4.83. The number of fused-ring (bicyclic) bond motifs is 1. The average Bonchev–Trinajstić information content (AvgIpc) is 2.91. The minimum atomic E-state index is -0.262. The van der Waals surface area contributed by atoms with Gasteiger partial charge in [-0.25, -0.2) is 9.37 Å². The zero-order valence-electron chi connectivity index (χ0n) is 15.8. The van der Waals surface area contributed by atoms with E-state index < -0.39 is 0 Å². The molecule has 1 saturated heterocycles. The van der Waals surface area contributed by atoms with Crippen molar-refractivity contribution in [2.24, 2.45) is 18.9 Å². The van der Waals surface area contributed by atoms with Crippen molar-refractivity contribution in [3.05, 3.63) is 29.8 Å². The highest BCUT2D eigenvalue weighted by Crippen LogP contribution is 2.22. The van der Waals surface area contributed by atoms with Gasteiger partial charge in [0.15, 0.2) is 0 Å². The number of imidazole rings is 1. The summed E-state index contributed by atoms with van der Waals surface area (Å²) in [6.07, 6.45) is 3.61. The Balaban J connectivity index is 0.00000182. The molecule has 2 atom stereocenters. The van der Waals surface area contributed by atoms with Crippen LogP contribution in [0, 0.1) is 17.7 Å². The van der Waals surface area contributed by atoms with Crippen LogP contribution in [0.3, 0.4) is 0 Å². The van der Waals surface area contributed by atoms with E-state index in [0.29, 0.717) is 31.2 Å². The fourth-order valence-corrected chi connectivity index (χ4v) is 3.65. The topological polar surface area (TPSA) is 59.0 Å². The third kappa shape index (κ3) is 6.06. The molecule has 8 heteroatoms. The number of rotatable bonds is 6. The van der Waals surface area contributed by atoms with Gasteiger partial charge in [0.2, 0.25) is 5.91 Å². The SMILES string of the molecule is CC(CC(=O)NCCc1nc2ccc(F)cc2n1C)C1CCCNC1.Cl.Cl. The molecule has 1 fully saturated rings. The molecule has 27 heavy (non-hydrogen) atoms. The lowest BCUT2D eigenvalue weighted by Crippen LogP contribution is -2.36. The number of amides is 1. The number of hydrogen-bond donors (Lipinski definition) is 2. The van der Waals surface area contributed by atoms with Crippen LogP contribution in [0.5, 0.6) is 0 Å². The summed E-state index contributed by atoms with van der Waals surface area (Å²) in [6, 6.07) is 4.60. The van der Waals surface area contributed by atoms with E-state index >= 15 is 0 Å². The quantitative estimate of drug-likeness (QED) is 0.756. The van der Waals surface area contributed by atoms with Crippen molar-refractivity contribution in [3.63, 3.8) is 0 Å². The Hall–Kier alpha value is -1.37. The van der Waals surface area contributed by atoms with Gasteiger partial charge in [-0.2, -0.15) is 0 Å². The predicted octanol–water partition coefficient (Wildman–Crippen LogP) is 3.24. The zero-order chi connectivity index (χ0) is 17.8. The third-order valence-electron chi connectivity index (χ3n) is 5.25. The van der Waals surface area contributed by atoms with Gasteiger partial charge in [0.05, 0.1) is 11.0 Å². The van der Waals surface area contributed by atoms with E-state index in [1.54, 1.807) is 6.07 Å².